The van der Waals surface area contributed by atoms with Gasteiger partial charge in [0, 0.05) is 12.6 Å². The monoisotopic (exact) mass is 296 g/mol. The lowest BCUT2D eigenvalue weighted by Gasteiger charge is -2.20. The molecule has 21 heavy (non-hydrogen) atoms. The zero-order valence-corrected chi connectivity index (χ0v) is 13.8. The first-order chi connectivity index (χ1) is 9.88. The normalized spacial score (nSPS) is 11.4. The predicted molar refractivity (Wildman–Crippen MR) is 85.5 cm³/mol. The minimum atomic E-state index is 0.00576. The van der Waals surface area contributed by atoms with E-state index in [0.717, 1.165) is 25.9 Å². The largest absolute Gasteiger partial charge is 0.461 e. The summed E-state index contributed by atoms with van der Waals surface area (Å²) in [6.07, 6.45) is 2.17. The summed E-state index contributed by atoms with van der Waals surface area (Å²) in [6.45, 7) is 10.1. The summed E-state index contributed by atoms with van der Waals surface area (Å²) >= 11 is 0. The van der Waals surface area contributed by atoms with Crippen LogP contribution in [0.4, 0.5) is 11.9 Å². The van der Waals surface area contributed by atoms with Gasteiger partial charge in [-0.05, 0) is 54.1 Å². The Morgan fingerprint density at radius 1 is 1.14 bits per heavy atom. The molecule has 0 amide bonds. The molecule has 0 aliphatic carbocycles. The molecular formula is C14H28N6O. The van der Waals surface area contributed by atoms with Crippen LogP contribution in [0.25, 0.3) is 0 Å². The van der Waals surface area contributed by atoms with Gasteiger partial charge in [-0.25, -0.2) is 0 Å². The summed E-state index contributed by atoms with van der Waals surface area (Å²) < 4.78 is 5.43. The molecule has 7 heteroatoms. The van der Waals surface area contributed by atoms with Gasteiger partial charge in [0.15, 0.2) is 0 Å². The number of anilines is 2. The second-order valence-corrected chi connectivity index (χ2v) is 5.67. The van der Waals surface area contributed by atoms with Gasteiger partial charge in [0.1, 0.15) is 0 Å². The van der Waals surface area contributed by atoms with Crippen molar-refractivity contribution in [2.24, 2.45) is 0 Å². The SMILES string of the molecule is CC(C)Oc1nc(N)nc(NCCCCN(C)C(C)C)n1. The third kappa shape index (κ3) is 7.08. The molecule has 0 unspecified atom stereocenters. The van der Waals surface area contributed by atoms with E-state index in [0.29, 0.717) is 12.0 Å². The maximum Gasteiger partial charge on any atom is 0.323 e. The maximum atomic E-state index is 5.65. The fourth-order valence-corrected chi connectivity index (χ4v) is 1.66. The second kappa shape index (κ2) is 8.61. The molecule has 1 aromatic rings. The van der Waals surface area contributed by atoms with Crippen molar-refractivity contribution < 1.29 is 4.74 Å². The molecule has 1 rings (SSSR count). The fraction of sp³-hybridized carbons (Fsp3) is 0.786. The Kier molecular flexibility index (Phi) is 7.14. The third-order valence-electron chi connectivity index (χ3n) is 3.08. The van der Waals surface area contributed by atoms with Crippen LogP contribution in [-0.2, 0) is 0 Å². The quantitative estimate of drug-likeness (QED) is 0.671. The number of hydrogen-bond donors (Lipinski definition) is 2. The van der Waals surface area contributed by atoms with Gasteiger partial charge >= 0.3 is 6.01 Å². The van der Waals surface area contributed by atoms with E-state index in [2.05, 4.69) is 46.1 Å². The van der Waals surface area contributed by atoms with E-state index in [4.69, 9.17) is 10.5 Å². The molecule has 0 aliphatic rings. The van der Waals surface area contributed by atoms with Crippen molar-refractivity contribution in [1.82, 2.24) is 19.9 Å². The van der Waals surface area contributed by atoms with Gasteiger partial charge < -0.3 is 20.7 Å². The Morgan fingerprint density at radius 3 is 2.48 bits per heavy atom. The summed E-state index contributed by atoms with van der Waals surface area (Å²) in [5.74, 6) is 0.637. The Hall–Kier alpha value is -1.63. The van der Waals surface area contributed by atoms with Crippen molar-refractivity contribution >= 4 is 11.9 Å². The minimum absolute atomic E-state index is 0.00576. The van der Waals surface area contributed by atoms with Crippen molar-refractivity contribution in [1.29, 1.82) is 0 Å². The molecule has 0 saturated carbocycles. The minimum Gasteiger partial charge on any atom is -0.461 e. The van der Waals surface area contributed by atoms with Gasteiger partial charge in [0.2, 0.25) is 11.9 Å². The van der Waals surface area contributed by atoms with Crippen LogP contribution in [0.1, 0.15) is 40.5 Å². The average molecular weight is 296 g/mol. The topological polar surface area (TPSA) is 89.2 Å². The van der Waals surface area contributed by atoms with E-state index < -0.39 is 0 Å². The predicted octanol–water partition coefficient (Wildman–Crippen LogP) is 1.77. The van der Waals surface area contributed by atoms with Crippen LogP contribution in [0.2, 0.25) is 0 Å². The van der Waals surface area contributed by atoms with Crippen LogP contribution in [0.15, 0.2) is 0 Å². The van der Waals surface area contributed by atoms with Crippen LogP contribution < -0.4 is 15.8 Å². The van der Waals surface area contributed by atoms with Gasteiger partial charge in [-0.15, -0.1) is 0 Å². The van der Waals surface area contributed by atoms with Crippen molar-refractivity contribution in [2.75, 3.05) is 31.2 Å². The Morgan fingerprint density at radius 2 is 1.86 bits per heavy atom. The van der Waals surface area contributed by atoms with Crippen molar-refractivity contribution in [3.63, 3.8) is 0 Å². The number of aromatic nitrogens is 3. The molecule has 3 N–H and O–H groups in total. The van der Waals surface area contributed by atoms with Crippen LogP contribution in [0.3, 0.4) is 0 Å². The van der Waals surface area contributed by atoms with E-state index in [-0.39, 0.29) is 18.1 Å². The number of nitrogens with two attached hydrogens (primary N) is 1. The summed E-state index contributed by atoms with van der Waals surface area (Å²) in [5.41, 5.74) is 5.65. The molecule has 0 aliphatic heterocycles. The highest BCUT2D eigenvalue weighted by atomic mass is 16.5. The average Bonchev–Trinajstić information content (AvgIpc) is 2.36. The van der Waals surface area contributed by atoms with Crippen molar-refractivity contribution in [3.8, 4) is 6.01 Å². The number of hydrogen-bond acceptors (Lipinski definition) is 7. The molecule has 0 bridgehead atoms. The Bertz CT molecular complexity index is 424. The third-order valence-corrected chi connectivity index (χ3v) is 3.08. The molecule has 1 aromatic heterocycles. The summed E-state index contributed by atoms with van der Waals surface area (Å²) in [4.78, 5) is 14.5. The molecule has 1 heterocycles. The lowest BCUT2D eigenvalue weighted by Crippen LogP contribution is -2.27. The summed E-state index contributed by atoms with van der Waals surface area (Å²) in [5, 5.41) is 3.16. The van der Waals surface area contributed by atoms with E-state index in [1.165, 1.54) is 0 Å². The summed E-state index contributed by atoms with van der Waals surface area (Å²) in [7, 11) is 2.14. The zero-order valence-electron chi connectivity index (χ0n) is 13.8. The fourth-order valence-electron chi connectivity index (χ4n) is 1.66. The van der Waals surface area contributed by atoms with E-state index in [1.807, 2.05) is 13.8 Å². The van der Waals surface area contributed by atoms with Gasteiger partial charge in [-0.1, -0.05) is 0 Å². The molecule has 0 fully saturated rings. The summed E-state index contributed by atoms with van der Waals surface area (Å²) in [6, 6.07) is 0.844. The first kappa shape index (κ1) is 17.4. The van der Waals surface area contributed by atoms with Gasteiger partial charge in [-0.2, -0.15) is 15.0 Å². The number of rotatable bonds is 9. The highest BCUT2D eigenvalue weighted by molar-refractivity contribution is 5.32. The lowest BCUT2D eigenvalue weighted by molar-refractivity contribution is 0.222. The van der Waals surface area contributed by atoms with Crippen molar-refractivity contribution in [2.45, 2.75) is 52.7 Å². The number of ether oxygens (including phenoxy) is 1. The molecule has 120 valence electrons. The molecule has 0 saturated heterocycles. The molecule has 0 aromatic carbocycles. The van der Waals surface area contributed by atoms with Crippen LogP contribution in [-0.4, -0.2) is 52.1 Å². The van der Waals surface area contributed by atoms with E-state index >= 15 is 0 Å². The number of nitrogen functional groups attached to an aromatic ring is 1. The lowest BCUT2D eigenvalue weighted by atomic mass is 10.2. The molecule has 7 nitrogen and oxygen atoms in total. The highest BCUT2D eigenvalue weighted by Crippen LogP contribution is 2.10. The van der Waals surface area contributed by atoms with Crippen molar-refractivity contribution in [3.05, 3.63) is 0 Å². The smallest absolute Gasteiger partial charge is 0.323 e. The zero-order chi connectivity index (χ0) is 15.8. The maximum absolute atomic E-state index is 5.65. The molecule has 0 atom stereocenters. The van der Waals surface area contributed by atoms with Crippen LogP contribution in [0, 0.1) is 0 Å². The first-order valence-electron chi connectivity index (χ1n) is 7.50. The number of nitrogens with one attached hydrogen (secondary N) is 1. The van der Waals surface area contributed by atoms with E-state index in [9.17, 15) is 0 Å². The molecular weight excluding hydrogens is 268 g/mol. The first-order valence-corrected chi connectivity index (χ1v) is 7.50. The molecule has 0 radical (unpaired) electrons. The number of unbranched alkanes of at least 4 members (excludes halogenated alkanes) is 1. The van der Waals surface area contributed by atoms with Crippen LogP contribution >= 0.6 is 0 Å². The van der Waals surface area contributed by atoms with Crippen LogP contribution in [0.5, 0.6) is 6.01 Å². The van der Waals surface area contributed by atoms with Gasteiger partial charge in [0.05, 0.1) is 6.10 Å². The highest BCUT2D eigenvalue weighted by Gasteiger charge is 2.07. The Labute approximate surface area is 127 Å². The van der Waals surface area contributed by atoms with E-state index in [1.54, 1.807) is 0 Å². The van der Waals surface area contributed by atoms with Gasteiger partial charge in [-0.3, -0.25) is 0 Å². The Balaban J connectivity index is 2.36. The molecule has 0 spiro atoms. The van der Waals surface area contributed by atoms with Gasteiger partial charge in [0.25, 0.3) is 0 Å². The second-order valence-electron chi connectivity index (χ2n) is 5.67. The standard InChI is InChI=1S/C14H28N6O/c1-10(2)20(5)9-7-6-8-16-13-17-12(15)18-14(19-13)21-11(3)4/h10-11H,6-9H2,1-5H3,(H3,15,16,17,18,19). The number of nitrogens with zero attached hydrogens (tertiary/aromatic N) is 4.